The van der Waals surface area contributed by atoms with Gasteiger partial charge in [0.2, 0.25) is 5.75 Å². The van der Waals surface area contributed by atoms with Crippen LogP contribution in [0.3, 0.4) is 0 Å². The molecule has 238 valence electrons. The summed E-state index contributed by atoms with van der Waals surface area (Å²) >= 11 is 0. The van der Waals surface area contributed by atoms with E-state index in [1.807, 2.05) is 43.4 Å². The number of carbonyl (C=O) groups excluding carboxylic acids is 2. The molecule has 0 aliphatic carbocycles. The van der Waals surface area contributed by atoms with Crippen LogP contribution in [0.15, 0.2) is 60.7 Å². The Kier molecular flexibility index (Phi) is 8.55. The molecule has 3 aliphatic heterocycles. The van der Waals surface area contributed by atoms with Crippen LogP contribution in [0, 0.1) is 0 Å². The van der Waals surface area contributed by atoms with Crippen LogP contribution in [0.2, 0.25) is 0 Å². The number of carbonyl (C=O) groups is 2. The smallest absolute Gasteiger partial charge is 0.254 e. The molecule has 0 spiro atoms. The van der Waals surface area contributed by atoms with Crippen molar-refractivity contribution in [3.63, 3.8) is 0 Å². The van der Waals surface area contributed by atoms with Gasteiger partial charge in [0.1, 0.15) is 12.0 Å². The highest BCUT2D eigenvalue weighted by molar-refractivity contribution is 5.97. The third-order valence-corrected chi connectivity index (χ3v) is 8.94. The third kappa shape index (κ3) is 5.50. The van der Waals surface area contributed by atoms with Crippen LogP contribution in [-0.4, -0.2) is 63.4 Å². The minimum Gasteiger partial charge on any atom is -0.493 e. The monoisotopic (exact) mass is 642 g/mol. The summed E-state index contributed by atoms with van der Waals surface area (Å²) in [6, 6.07) is 18.8. The fraction of sp³-hybridized carbons (Fsp3) is 0.278. The molecule has 10 heteroatoms. The number of hydrogen-bond acceptors (Lipinski definition) is 8. The quantitative estimate of drug-likeness (QED) is 0.175. The van der Waals surface area contributed by atoms with Gasteiger partial charge in [0.15, 0.2) is 34.5 Å². The Labute approximate surface area is 274 Å². The third-order valence-electron chi connectivity index (χ3n) is 8.94. The SMILES string of the molecule is COc1ccc(C=O)cc1Oc1ccc(C[C@H]2c3c(cc(OC)c4c3Oc3cc5c(cc3O4)CCN(C)C5=O)CCN2C)cc1.Cl. The lowest BCUT2D eigenvalue weighted by molar-refractivity contribution is 0.0780. The number of rotatable bonds is 7. The molecule has 0 fully saturated rings. The number of benzene rings is 4. The summed E-state index contributed by atoms with van der Waals surface area (Å²) in [5.41, 5.74) is 5.44. The normalized spacial score (nSPS) is 16.4. The molecule has 0 saturated heterocycles. The molecule has 0 N–H and O–H groups in total. The molecule has 1 atom stereocenters. The number of likely N-dealkylation sites (N-methyl/N-ethyl adjacent to an activating group) is 2. The second-order valence-corrected chi connectivity index (χ2v) is 11.7. The van der Waals surface area contributed by atoms with Gasteiger partial charge in [-0.25, -0.2) is 0 Å². The van der Waals surface area contributed by atoms with Crippen LogP contribution in [0.4, 0.5) is 0 Å². The van der Waals surface area contributed by atoms with Crippen LogP contribution in [-0.2, 0) is 19.3 Å². The van der Waals surface area contributed by atoms with Gasteiger partial charge in [-0.1, -0.05) is 12.1 Å². The van der Waals surface area contributed by atoms with Crippen molar-refractivity contribution in [1.82, 2.24) is 9.80 Å². The van der Waals surface area contributed by atoms with Crippen LogP contribution in [0.5, 0.6) is 46.0 Å². The molecule has 3 heterocycles. The zero-order valence-electron chi connectivity index (χ0n) is 26.1. The first-order valence-electron chi connectivity index (χ1n) is 15.0. The average molecular weight is 643 g/mol. The molecule has 46 heavy (non-hydrogen) atoms. The van der Waals surface area contributed by atoms with Crippen molar-refractivity contribution in [2.24, 2.45) is 0 Å². The summed E-state index contributed by atoms with van der Waals surface area (Å²) in [5, 5.41) is 0. The van der Waals surface area contributed by atoms with Gasteiger partial charge in [-0.2, -0.15) is 0 Å². The maximum Gasteiger partial charge on any atom is 0.254 e. The van der Waals surface area contributed by atoms with Gasteiger partial charge >= 0.3 is 0 Å². The van der Waals surface area contributed by atoms with E-state index >= 15 is 0 Å². The number of fused-ring (bicyclic) bond motifs is 5. The van der Waals surface area contributed by atoms with Gasteiger partial charge in [0, 0.05) is 42.9 Å². The number of aldehydes is 1. The van der Waals surface area contributed by atoms with E-state index in [0.717, 1.165) is 54.3 Å². The summed E-state index contributed by atoms with van der Waals surface area (Å²) in [5.74, 6) is 4.57. The lowest BCUT2D eigenvalue weighted by atomic mass is 9.87. The lowest BCUT2D eigenvalue weighted by Crippen LogP contribution is -2.34. The predicted molar refractivity (Wildman–Crippen MR) is 175 cm³/mol. The predicted octanol–water partition coefficient (Wildman–Crippen LogP) is 7.03. The van der Waals surface area contributed by atoms with Crippen molar-refractivity contribution >= 4 is 24.6 Å². The molecule has 1 amide bonds. The van der Waals surface area contributed by atoms with Crippen LogP contribution in [0.1, 0.15) is 49.0 Å². The van der Waals surface area contributed by atoms with E-state index in [4.69, 9.17) is 23.7 Å². The maximum atomic E-state index is 12.9. The van der Waals surface area contributed by atoms with Crippen molar-refractivity contribution in [2.75, 3.05) is 41.4 Å². The van der Waals surface area contributed by atoms with Gasteiger partial charge in [-0.3, -0.25) is 14.5 Å². The molecular weight excluding hydrogens is 608 g/mol. The number of amides is 1. The van der Waals surface area contributed by atoms with E-state index in [-0.39, 0.29) is 24.4 Å². The molecular formula is C36H35ClN2O7. The Morgan fingerprint density at radius 1 is 0.826 bits per heavy atom. The van der Waals surface area contributed by atoms with E-state index in [1.54, 1.807) is 37.3 Å². The molecule has 9 nitrogen and oxygen atoms in total. The first-order chi connectivity index (χ1) is 21.9. The maximum absolute atomic E-state index is 12.9. The van der Waals surface area contributed by atoms with Gasteiger partial charge < -0.3 is 28.6 Å². The first kappa shape index (κ1) is 31.3. The van der Waals surface area contributed by atoms with E-state index in [9.17, 15) is 9.59 Å². The number of nitrogens with zero attached hydrogens (tertiary/aromatic N) is 2. The highest BCUT2D eigenvalue weighted by atomic mass is 35.5. The zero-order chi connectivity index (χ0) is 31.2. The molecule has 0 bridgehead atoms. The number of hydrogen-bond donors (Lipinski definition) is 0. The minimum atomic E-state index is -0.0129. The van der Waals surface area contributed by atoms with Crippen molar-refractivity contribution in [3.8, 4) is 46.0 Å². The molecule has 0 saturated carbocycles. The van der Waals surface area contributed by atoms with Crippen molar-refractivity contribution in [1.29, 1.82) is 0 Å². The Balaban J connectivity index is 0.00000372. The first-order valence-corrected chi connectivity index (χ1v) is 15.0. The van der Waals surface area contributed by atoms with Gasteiger partial charge in [0.05, 0.1) is 14.2 Å². The van der Waals surface area contributed by atoms with Crippen molar-refractivity contribution in [2.45, 2.75) is 25.3 Å². The molecule has 0 aromatic heterocycles. The highest BCUT2D eigenvalue weighted by Crippen LogP contribution is 2.56. The molecule has 4 aromatic rings. The largest absolute Gasteiger partial charge is 0.493 e. The Bertz CT molecular complexity index is 1820. The van der Waals surface area contributed by atoms with Gasteiger partial charge in [-0.15, -0.1) is 12.4 Å². The van der Waals surface area contributed by atoms with Crippen LogP contribution in [0.25, 0.3) is 0 Å². The summed E-state index contributed by atoms with van der Waals surface area (Å²) in [6.45, 7) is 1.54. The number of methoxy groups -OCH3 is 2. The second-order valence-electron chi connectivity index (χ2n) is 11.7. The summed E-state index contributed by atoms with van der Waals surface area (Å²) in [7, 11) is 7.15. The lowest BCUT2D eigenvalue weighted by Gasteiger charge is -2.38. The summed E-state index contributed by atoms with van der Waals surface area (Å²) < 4.78 is 30.4. The number of halogens is 1. The minimum absolute atomic E-state index is 0. The molecule has 3 aliphatic rings. The second kappa shape index (κ2) is 12.6. The molecule has 7 rings (SSSR count). The fourth-order valence-corrected chi connectivity index (χ4v) is 6.41. The van der Waals surface area contributed by atoms with Gasteiger partial charge in [0.25, 0.3) is 5.91 Å². The zero-order valence-corrected chi connectivity index (χ0v) is 26.9. The highest BCUT2D eigenvalue weighted by Gasteiger charge is 2.36. The van der Waals surface area contributed by atoms with Crippen LogP contribution >= 0.6 is 12.4 Å². The molecule has 0 radical (unpaired) electrons. The average Bonchev–Trinajstić information content (AvgIpc) is 3.06. The van der Waals surface area contributed by atoms with Crippen molar-refractivity contribution in [3.05, 3.63) is 94.0 Å². The topological polar surface area (TPSA) is 86.8 Å². The Morgan fingerprint density at radius 2 is 1.54 bits per heavy atom. The van der Waals surface area contributed by atoms with Gasteiger partial charge in [-0.05, 0) is 91.5 Å². The molecule has 0 unspecified atom stereocenters. The summed E-state index contributed by atoms with van der Waals surface area (Å²) in [4.78, 5) is 28.3. The Morgan fingerprint density at radius 3 is 2.28 bits per heavy atom. The number of ether oxygens (including phenoxy) is 5. The fourth-order valence-electron chi connectivity index (χ4n) is 6.41. The van der Waals surface area contributed by atoms with Crippen LogP contribution < -0.4 is 23.7 Å². The van der Waals surface area contributed by atoms with E-state index in [0.29, 0.717) is 63.7 Å². The Hall–Kier alpha value is -4.73. The van der Waals surface area contributed by atoms with E-state index in [2.05, 4.69) is 18.0 Å². The summed E-state index contributed by atoms with van der Waals surface area (Å²) in [6.07, 6.45) is 3.10. The molecule has 4 aromatic carbocycles. The van der Waals surface area contributed by atoms with E-state index in [1.165, 1.54) is 0 Å². The van der Waals surface area contributed by atoms with Crippen molar-refractivity contribution < 1.29 is 33.3 Å². The standard InChI is InChI=1S/C36H34N2O7.ClH/c1-37-13-12-24-18-32(42-4)34-35(45-31-19-26-23(17-30(31)44-34)11-14-38(2)36(26)40)33(24)27(37)15-21-5-8-25(9-6-21)43-29-16-22(20-39)7-10-28(29)41-3;/h5-10,16-20,27H,11-15H2,1-4H3;1H/t27-;/m0./s1. The van der Waals surface area contributed by atoms with E-state index < -0.39 is 0 Å².